The summed E-state index contributed by atoms with van der Waals surface area (Å²) in [6.07, 6.45) is 4.48. The van der Waals surface area contributed by atoms with E-state index in [4.69, 9.17) is 10.8 Å². The van der Waals surface area contributed by atoms with Crippen LogP contribution in [0.4, 0.5) is 0 Å². The highest BCUT2D eigenvalue weighted by molar-refractivity contribution is 5.88. The molecule has 2 amide bonds. The zero-order valence-electron chi connectivity index (χ0n) is 9.57. The Morgan fingerprint density at radius 3 is 2.67 bits per heavy atom. The minimum atomic E-state index is -1.29. The van der Waals surface area contributed by atoms with Crippen molar-refractivity contribution in [1.82, 2.24) is 14.9 Å². The molecular formula is C10H14N4O4. The van der Waals surface area contributed by atoms with E-state index in [1.807, 2.05) is 0 Å². The molecule has 18 heavy (non-hydrogen) atoms. The van der Waals surface area contributed by atoms with Crippen LogP contribution in [0, 0.1) is 0 Å². The van der Waals surface area contributed by atoms with Gasteiger partial charge in [-0.05, 0) is 0 Å². The number of aryl methyl sites for hydroxylation is 1. The van der Waals surface area contributed by atoms with Crippen molar-refractivity contribution in [2.45, 2.75) is 25.4 Å². The Labute approximate surface area is 103 Å². The summed E-state index contributed by atoms with van der Waals surface area (Å²) in [5.74, 6) is -2.53. The first kappa shape index (κ1) is 13.7. The molecule has 0 saturated heterocycles. The van der Waals surface area contributed by atoms with Gasteiger partial charge in [0.05, 0.1) is 12.7 Å². The molecule has 8 heteroatoms. The summed E-state index contributed by atoms with van der Waals surface area (Å²) >= 11 is 0. The number of aromatic nitrogens is 2. The lowest BCUT2D eigenvalue weighted by molar-refractivity contribution is -0.143. The van der Waals surface area contributed by atoms with Crippen molar-refractivity contribution in [2.24, 2.45) is 5.73 Å². The Morgan fingerprint density at radius 1 is 1.44 bits per heavy atom. The molecule has 1 aromatic heterocycles. The van der Waals surface area contributed by atoms with Gasteiger partial charge in [-0.2, -0.15) is 0 Å². The first-order chi connectivity index (χ1) is 8.49. The minimum absolute atomic E-state index is 0.0961. The topological polar surface area (TPSA) is 127 Å². The minimum Gasteiger partial charge on any atom is -0.480 e. The van der Waals surface area contributed by atoms with Gasteiger partial charge in [0.1, 0.15) is 6.04 Å². The SMILES string of the molecule is NC(=O)C[C@@H](NC(=O)CCn1ccnc1)C(=O)O. The third-order valence-electron chi connectivity index (χ3n) is 2.19. The fourth-order valence-electron chi connectivity index (χ4n) is 1.32. The van der Waals surface area contributed by atoms with Crippen LogP contribution in [0.25, 0.3) is 0 Å². The Bertz CT molecular complexity index is 429. The van der Waals surface area contributed by atoms with Crippen LogP contribution in [-0.4, -0.2) is 38.5 Å². The number of rotatable bonds is 7. The van der Waals surface area contributed by atoms with Gasteiger partial charge in [-0.15, -0.1) is 0 Å². The summed E-state index contributed by atoms with van der Waals surface area (Å²) in [4.78, 5) is 36.7. The Balaban J connectivity index is 2.41. The molecule has 0 fully saturated rings. The third kappa shape index (κ3) is 4.64. The quantitative estimate of drug-likeness (QED) is 0.558. The van der Waals surface area contributed by atoms with Gasteiger partial charge in [0, 0.05) is 25.4 Å². The maximum atomic E-state index is 11.5. The standard InChI is InChI=1S/C10H14N4O4/c11-8(15)5-7(10(17)18)13-9(16)1-3-14-4-2-12-6-14/h2,4,6-7H,1,3,5H2,(H2,11,15)(H,13,16)(H,17,18)/t7-/m1/s1. The summed E-state index contributed by atoms with van der Waals surface area (Å²) in [5.41, 5.74) is 4.89. The summed E-state index contributed by atoms with van der Waals surface area (Å²) in [7, 11) is 0. The molecule has 98 valence electrons. The van der Waals surface area contributed by atoms with E-state index in [1.54, 1.807) is 23.3 Å². The molecule has 0 aliphatic carbocycles. The zero-order valence-corrected chi connectivity index (χ0v) is 9.57. The molecule has 4 N–H and O–H groups in total. The largest absolute Gasteiger partial charge is 0.480 e. The van der Waals surface area contributed by atoms with Crippen LogP contribution in [0.5, 0.6) is 0 Å². The smallest absolute Gasteiger partial charge is 0.326 e. The number of carbonyl (C=O) groups is 3. The van der Waals surface area contributed by atoms with Crippen molar-refractivity contribution in [2.75, 3.05) is 0 Å². The number of carboxylic acids is 1. The fourth-order valence-corrected chi connectivity index (χ4v) is 1.32. The molecule has 1 atom stereocenters. The molecule has 0 bridgehead atoms. The second kappa shape index (κ2) is 6.38. The molecule has 0 radical (unpaired) electrons. The summed E-state index contributed by atoms with van der Waals surface area (Å²) in [6, 6.07) is -1.28. The highest BCUT2D eigenvalue weighted by atomic mass is 16.4. The van der Waals surface area contributed by atoms with E-state index in [1.165, 1.54) is 0 Å². The Morgan fingerprint density at radius 2 is 2.17 bits per heavy atom. The molecule has 0 aliphatic rings. The van der Waals surface area contributed by atoms with Crippen LogP contribution in [0.3, 0.4) is 0 Å². The molecular weight excluding hydrogens is 240 g/mol. The average molecular weight is 254 g/mol. The van der Waals surface area contributed by atoms with Crippen LogP contribution in [0.15, 0.2) is 18.7 Å². The lowest BCUT2D eigenvalue weighted by Gasteiger charge is -2.12. The van der Waals surface area contributed by atoms with Gasteiger partial charge in [0.25, 0.3) is 0 Å². The predicted octanol–water partition coefficient (Wildman–Crippen LogP) is -1.28. The fraction of sp³-hybridized carbons (Fsp3) is 0.400. The van der Waals surface area contributed by atoms with Crippen LogP contribution < -0.4 is 11.1 Å². The second-order valence-electron chi connectivity index (χ2n) is 3.68. The van der Waals surface area contributed by atoms with Gasteiger partial charge in [-0.3, -0.25) is 9.59 Å². The van der Waals surface area contributed by atoms with Crippen LogP contribution >= 0.6 is 0 Å². The van der Waals surface area contributed by atoms with Crippen molar-refractivity contribution >= 4 is 17.8 Å². The van der Waals surface area contributed by atoms with Gasteiger partial charge < -0.3 is 20.7 Å². The van der Waals surface area contributed by atoms with Crippen molar-refractivity contribution in [3.05, 3.63) is 18.7 Å². The van der Waals surface area contributed by atoms with E-state index in [0.29, 0.717) is 6.54 Å². The Hall–Kier alpha value is -2.38. The number of aliphatic carboxylic acids is 1. The highest BCUT2D eigenvalue weighted by Crippen LogP contribution is 1.95. The van der Waals surface area contributed by atoms with Crippen molar-refractivity contribution in [3.8, 4) is 0 Å². The summed E-state index contributed by atoms with van der Waals surface area (Å²) in [5, 5.41) is 11.0. The summed E-state index contributed by atoms with van der Waals surface area (Å²) < 4.78 is 1.68. The average Bonchev–Trinajstić information content (AvgIpc) is 2.77. The maximum Gasteiger partial charge on any atom is 0.326 e. The van der Waals surface area contributed by atoms with E-state index < -0.39 is 30.2 Å². The molecule has 1 aromatic rings. The number of carbonyl (C=O) groups excluding carboxylic acids is 2. The predicted molar refractivity (Wildman–Crippen MR) is 60.2 cm³/mol. The zero-order chi connectivity index (χ0) is 13.5. The number of hydrogen-bond donors (Lipinski definition) is 3. The molecule has 0 saturated carbocycles. The number of primary amides is 1. The van der Waals surface area contributed by atoms with Gasteiger partial charge in [-0.25, -0.2) is 9.78 Å². The van der Waals surface area contributed by atoms with Gasteiger partial charge in [0.15, 0.2) is 0 Å². The second-order valence-corrected chi connectivity index (χ2v) is 3.68. The normalized spacial score (nSPS) is 11.8. The molecule has 0 aliphatic heterocycles. The molecule has 0 spiro atoms. The Kier molecular flexibility index (Phi) is 4.85. The molecule has 0 aromatic carbocycles. The number of imidazole rings is 1. The highest BCUT2D eigenvalue weighted by Gasteiger charge is 2.21. The first-order valence-electron chi connectivity index (χ1n) is 5.25. The maximum absolute atomic E-state index is 11.5. The third-order valence-corrected chi connectivity index (χ3v) is 2.19. The number of nitrogens with two attached hydrogens (primary N) is 1. The molecule has 0 unspecified atom stereocenters. The number of nitrogens with one attached hydrogen (secondary N) is 1. The van der Waals surface area contributed by atoms with Crippen LogP contribution in [0.2, 0.25) is 0 Å². The first-order valence-corrected chi connectivity index (χ1v) is 5.25. The summed E-state index contributed by atoms with van der Waals surface area (Å²) in [6.45, 7) is 0.384. The van der Waals surface area contributed by atoms with Crippen molar-refractivity contribution in [3.63, 3.8) is 0 Å². The number of hydrogen-bond acceptors (Lipinski definition) is 4. The number of carboxylic acid groups (broad SMARTS) is 1. The number of nitrogens with zero attached hydrogens (tertiary/aromatic N) is 2. The van der Waals surface area contributed by atoms with Gasteiger partial charge in [0.2, 0.25) is 11.8 Å². The van der Waals surface area contributed by atoms with E-state index in [9.17, 15) is 14.4 Å². The van der Waals surface area contributed by atoms with Crippen molar-refractivity contribution in [1.29, 1.82) is 0 Å². The molecule has 8 nitrogen and oxygen atoms in total. The number of amides is 2. The van der Waals surface area contributed by atoms with Crippen LogP contribution in [0.1, 0.15) is 12.8 Å². The van der Waals surface area contributed by atoms with E-state index in [-0.39, 0.29) is 6.42 Å². The monoisotopic (exact) mass is 254 g/mol. The van der Waals surface area contributed by atoms with E-state index in [0.717, 1.165) is 0 Å². The molecule has 1 rings (SSSR count). The van der Waals surface area contributed by atoms with Crippen molar-refractivity contribution < 1.29 is 19.5 Å². The van der Waals surface area contributed by atoms with E-state index >= 15 is 0 Å². The van der Waals surface area contributed by atoms with E-state index in [2.05, 4.69) is 10.3 Å². The van der Waals surface area contributed by atoms with Crippen LogP contribution in [-0.2, 0) is 20.9 Å². The van der Waals surface area contributed by atoms with Gasteiger partial charge >= 0.3 is 5.97 Å². The lowest BCUT2D eigenvalue weighted by atomic mass is 10.2. The molecule has 1 heterocycles. The van der Waals surface area contributed by atoms with Gasteiger partial charge in [-0.1, -0.05) is 0 Å². The lowest BCUT2D eigenvalue weighted by Crippen LogP contribution is -2.43.